The molecule has 1 rings (SSSR count). The zero-order valence-electron chi connectivity index (χ0n) is 16.3. The zero-order valence-corrected chi connectivity index (χ0v) is 17.2. The van der Waals surface area contributed by atoms with Crippen LogP contribution in [0.25, 0.3) is 0 Å². The minimum absolute atomic E-state index is 0.0652. The van der Waals surface area contributed by atoms with Gasteiger partial charge in [0, 0.05) is 24.1 Å². The monoisotopic (exact) mass is 428 g/mol. The van der Waals surface area contributed by atoms with Crippen LogP contribution in [0.3, 0.4) is 0 Å². The second-order valence-corrected chi connectivity index (χ2v) is 7.30. The SMILES string of the molecule is CC(C)CC(NC(=O)C(N)CS)C(=O)NC(Cc1cnc[nH]1)C(=O)NCC(=O)O. The third kappa shape index (κ3) is 8.96. The molecular weight excluding hydrogens is 400 g/mol. The van der Waals surface area contributed by atoms with Crippen molar-refractivity contribution in [1.82, 2.24) is 25.9 Å². The van der Waals surface area contributed by atoms with Crippen LogP contribution in [-0.4, -0.2) is 69.2 Å². The molecule has 3 unspecified atom stereocenters. The summed E-state index contributed by atoms with van der Waals surface area (Å²) >= 11 is 3.97. The van der Waals surface area contributed by atoms with E-state index in [9.17, 15) is 19.2 Å². The second kappa shape index (κ2) is 12.1. The third-order valence-electron chi connectivity index (χ3n) is 3.90. The summed E-state index contributed by atoms with van der Waals surface area (Å²) in [6.45, 7) is 3.18. The van der Waals surface area contributed by atoms with E-state index < -0.39 is 48.4 Å². The number of aliphatic carboxylic acids is 1. The molecule has 3 atom stereocenters. The van der Waals surface area contributed by atoms with Gasteiger partial charge in [0.15, 0.2) is 0 Å². The quantitative estimate of drug-likeness (QED) is 0.196. The molecule has 1 aromatic heterocycles. The van der Waals surface area contributed by atoms with Crippen LogP contribution in [0.2, 0.25) is 0 Å². The van der Waals surface area contributed by atoms with Crippen LogP contribution in [0.1, 0.15) is 26.0 Å². The smallest absolute Gasteiger partial charge is 0.322 e. The number of hydrogen-bond acceptors (Lipinski definition) is 7. The predicted molar refractivity (Wildman–Crippen MR) is 108 cm³/mol. The van der Waals surface area contributed by atoms with E-state index in [2.05, 4.69) is 38.5 Å². The van der Waals surface area contributed by atoms with Crippen LogP contribution in [0.5, 0.6) is 0 Å². The number of carbonyl (C=O) groups is 4. The summed E-state index contributed by atoms with van der Waals surface area (Å²) in [5.41, 5.74) is 6.22. The topological polar surface area (TPSA) is 179 Å². The van der Waals surface area contributed by atoms with Gasteiger partial charge >= 0.3 is 5.97 Å². The number of nitrogens with one attached hydrogen (secondary N) is 4. The van der Waals surface area contributed by atoms with E-state index in [1.165, 1.54) is 12.5 Å². The lowest BCUT2D eigenvalue weighted by Crippen LogP contribution is -2.57. The average Bonchev–Trinajstić information content (AvgIpc) is 3.16. The van der Waals surface area contributed by atoms with Crippen molar-refractivity contribution in [3.8, 4) is 0 Å². The number of nitrogens with two attached hydrogens (primary N) is 1. The van der Waals surface area contributed by atoms with Crippen molar-refractivity contribution >= 4 is 36.3 Å². The summed E-state index contributed by atoms with van der Waals surface area (Å²) in [5.74, 6) is -2.80. The number of imidazole rings is 1. The summed E-state index contributed by atoms with van der Waals surface area (Å²) in [6, 6.07) is -2.85. The number of hydrogen-bond donors (Lipinski definition) is 7. The Morgan fingerprint density at radius 2 is 1.83 bits per heavy atom. The van der Waals surface area contributed by atoms with E-state index in [0.29, 0.717) is 12.1 Å². The zero-order chi connectivity index (χ0) is 22.0. The average molecular weight is 429 g/mol. The van der Waals surface area contributed by atoms with Gasteiger partial charge in [0.2, 0.25) is 17.7 Å². The van der Waals surface area contributed by atoms with Gasteiger partial charge in [0.05, 0.1) is 12.4 Å². The Kier molecular flexibility index (Phi) is 10.2. The standard InChI is InChI=1S/C17H28N6O5S/c1-9(2)3-12(22-15(26)11(18)7-29)17(28)23-13(4-10-5-19-8-21-10)16(27)20-6-14(24)25/h5,8-9,11-13,29H,3-4,6-7,18H2,1-2H3,(H,19,21)(H,20,27)(H,22,26)(H,23,28)(H,24,25). The van der Waals surface area contributed by atoms with Crippen molar-refractivity contribution < 1.29 is 24.3 Å². The first-order chi connectivity index (χ1) is 13.6. The van der Waals surface area contributed by atoms with Gasteiger partial charge in [-0.2, -0.15) is 12.6 Å². The highest BCUT2D eigenvalue weighted by Crippen LogP contribution is 2.07. The van der Waals surface area contributed by atoms with E-state index in [1.54, 1.807) is 0 Å². The first-order valence-corrected chi connectivity index (χ1v) is 9.71. The Bertz CT molecular complexity index is 696. The summed E-state index contributed by atoms with van der Waals surface area (Å²) in [6.07, 6.45) is 3.30. The Labute approximate surface area is 174 Å². The number of thiol groups is 1. The van der Waals surface area contributed by atoms with Crippen LogP contribution in [0.4, 0.5) is 0 Å². The number of amides is 3. The van der Waals surface area contributed by atoms with E-state index in [0.717, 1.165) is 0 Å². The molecule has 0 saturated heterocycles. The van der Waals surface area contributed by atoms with Crippen molar-refractivity contribution in [3.05, 3.63) is 18.2 Å². The summed E-state index contributed by atoms with van der Waals surface area (Å²) in [7, 11) is 0. The molecule has 0 radical (unpaired) electrons. The fourth-order valence-electron chi connectivity index (χ4n) is 2.45. The van der Waals surface area contributed by atoms with Crippen molar-refractivity contribution in [3.63, 3.8) is 0 Å². The Morgan fingerprint density at radius 1 is 1.17 bits per heavy atom. The van der Waals surface area contributed by atoms with Crippen LogP contribution in [-0.2, 0) is 25.6 Å². The number of H-pyrrole nitrogens is 1. The summed E-state index contributed by atoms with van der Waals surface area (Å²) in [5, 5.41) is 16.2. The summed E-state index contributed by atoms with van der Waals surface area (Å²) in [4.78, 5) is 54.7. The number of carboxylic acid groups (broad SMARTS) is 1. The third-order valence-corrected chi connectivity index (χ3v) is 4.29. The van der Waals surface area contributed by atoms with Crippen LogP contribution in [0.15, 0.2) is 12.5 Å². The highest BCUT2D eigenvalue weighted by Gasteiger charge is 2.29. The molecule has 11 nitrogen and oxygen atoms in total. The molecule has 0 aromatic carbocycles. The van der Waals surface area contributed by atoms with Crippen LogP contribution >= 0.6 is 12.6 Å². The maximum absolute atomic E-state index is 12.8. The molecule has 1 heterocycles. The number of carbonyl (C=O) groups excluding carboxylic acids is 3. The van der Waals surface area contributed by atoms with Gasteiger partial charge < -0.3 is 31.8 Å². The fraction of sp³-hybridized carbons (Fsp3) is 0.588. The van der Waals surface area contributed by atoms with Gasteiger partial charge in [-0.25, -0.2) is 4.98 Å². The number of rotatable bonds is 12. The Hall–Kier alpha value is -2.60. The molecule has 3 amide bonds. The molecule has 0 saturated carbocycles. The number of nitrogens with zero attached hydrogens (tertiary/aromatic N) is 1. The highest BCUT2D eigenvalue weighted by molar-refractivity contribution is 7.80. The van der Waals surface area contributed by atoms with Gasteiger partial charge in [-0.15, -0.1) is 0 Å². The molecule has 0 aliphatic carbocycles. The normalized spacial score (nSPS) is 14.0. The number of aromatic amines is 1. The molecule has 0 aliphatic rings. The number of carboxylic acids is 1. The van der Waals surface area contributed by atoms with Gasteiger partial charge in [0.25, 0.3) is 0 Å². The molecule has 0 fully saturated rings. The Balaban J connectivity index is 2.92. The highest BCUT2D eigenvalue weighted by atomic mass is 32.1. The second-order valence-electron chi connectivity index (χ2n) is 6.93. The lowest BCUT2D eigenvalue weighted by atomic mass is 10.0. The van der Waals surface area contributed by atoms with Crippen molar-refractivity contribution in [2.75, 3.05) is 12.3 Å². The molecular formula is C17H28N6O5S. The van der Waals surface area contributed by atoms with Gasteiger partial charge in [-0.3, -0.25) is 19.2 Å². The Morgan fingerprint density at radius 3 is 2.34 bits per heavy atom. The van der Waals surface area contributed by atoms with E-state index >= 15 is 0 Å². The van der Waals surface area contributed by atoms with Gasteiger partial charge in [0.1, 0.15) is 18.6 Å². The van der Waals surface area contributed by atoms with Crippen molar-refractivity contribution in [1.29, 1.82) is 0 Å². The molecule has 0 spiro atoms. The van der Waals surface area contributed by atoms with E-state index in [1.807, 2.05) is 13.8 Å². The molecule has 0 aliphatic heterocycles. The first-order valence-electron chi connectivity index (χ1n) is 9.08. The van der Waals surface area contributed by atoms with Gasteiger partial charge in [-0.05, 0) is 12.3 Å². The van der Waals surface area contributed by atoms with Crippen molar-refractivity contribution in [2.45, 2.75) is 44.8 Å². The lowest BCUT2D eigenvalue weighted by molar-refractivity contribution is -0.138. The summed E-state index contributed by atoms with van der Waals surface area (Å²) < 4.78 is 0. The molecule has 162 valence electrons. The van der Waals surface area contributed by atoms with Crippen LogP contribution in [0, 0.1) is 5.92 Å². The van der Waals surface area contributed by atoms with E-state index in [4.69, 9.17) is 10.8 Å². The van der Waals surface area contributed by atoms with Crippen LogP contribution < -0.4 is 21.7 Å². The van der Waals surface area contributed by atoms with Crippen molar-refractivity contribution in [2.24, 2.45) is 11.7 Å². The maximum Gasteiger partial charge on any atom is 0.322 e. The molecule has 0 bridgehead atoms. The number of aromatic nitrogens is 2. The molecule has 7 N–H and O–H groups in total. The predicted octanol–water partition coefficient (Wildman–Crippen LogP) is -1.57. The maximum atomic E-state index is 12.8. The minimum atomic E-state index is -1.21. The lowest BCUT2D eigenvalue weighted by Gasteiger charge is -2.24. The first kappa shape index (κ1) is 24.4. The van der Waals surface area contributed by atoms with E-state index in [-0.39, 0.29) is 18.1 Å². The molecule has 29 heavy (non-hydrogen) atoms. The fourth-order valence-corrected chi connectivity index (χ4v) is 2.61. The largest absolute Gasteiger partial charge is 0.480 e. The minimum Gasteiger partial charge on any atom is -0.480 e. The molecule has 1 aromatic rings. The molecule has 12 heteroatoms. The van der Waals surface area contributed by atoms with Gasteiger partial charge in [-0.1, -0.05) is 13.8 Å².